The Kier molecular flexibility index (Phi) is 3.45. The van der Waals surface area contributed by atoms with Crippen LogP contribution in [-0.2, 0) is 9.53 Å². The third-order valence-corrected chi connectivity index (χ3v) is 3.03. The summed E-state index contributed by atoms with van der Waals surface area (Å²) >= 11 is 0. The summed E-state index contributed by atoms with van der Waals surface area (Å²) in [6.07, 6.45) is 4.03. The molecule has 5 nitrogen and oxygen atoms in total. The molecule has 2 rings (SSSR count). The Balaban J connectivity index is 2.25. The summed E-state index contributed by atoms with van der Waals surface area (Å²) in [4.78, 5) is 12.0. The van der Waals surface area contributed by atoms with E-state index in [9.17, 15) is 4.79 Å². The first-order valence-corrected chi connectivity index (χ1v) is 6.21. The number of nitrogens with zero attached hydrogens (tertiary/aromatic N) is 3. The van der Waals surface area contributed by atoms with E-state index < -0.39 is 0 Å². The molecule has 0 aromatic carbocycles. The minimum absolute atomic E-state index is 0.163. The highest BCUT2D eigenvalue weighted by molar-refractivity contribution is 5.77. The van der Waals surface area contributed by atoms with Crippen molar-refractivity contribution in [3.63, 3.8) is 0 Å². The molecular formula is C12H19N3O2. The van der Waals surface area contributed by atoms with Gasteiger partial charge in [-0.15, -0.1) is 10.2 Å². The van der Waals surface area contributed by atoms with Crippen LogP contribution < -0.4 is 0 Å². The molecule has 1 aromatic heterocycles. The molecular weight excluding hydrogens is 218 g/mol. The van der Waals surface area contributed by atoms with E-state index in [2.05, 4.69) is 10.2 Å². The summed E-state index contributed by atoms with van der Waals surface area (Å²) in [5.74, 6) is 0.409. The first-order valence-electron chi connectivity index (χ1n) is 6.21. The standard InChI is InChI=1S/C12H19N3O2/c1-4-17-12(16)10(8(2)3)11-14-13-7-15(11)9-5-6-9/h7-10H,4-6H2,1-3H3. The number of hydrogen-bond donors (Lipinski definition) is 0. The Bertz CT molecular complexity index is 396. The zero-order chi connectivity index (χ0) is 12.4. The first-order chi connectivity index (χ1) is 8.15. The van der Waals surface area contributed by atoms with Crippen LogP contribution in [0.3, 0.4) is 0 Å². The molecule has 0 N–H and O–H groups in total. The molecule has 0 radical (unpaired) electrons. The lowest BCUT2D eigenvalue weighted by Crippen LogP contribution is -2.24. The van der Waals surface area contributed by atoms with E-state index in [1.807, 2.05) is 25.3 Å². The second kappa shape index (κ2) is 4.85. The molecule has 94 valence electrons. The van der Waals surface area contributed by atoms with Crippen molar-refractivity contribution in [2.75, 3.05) is 6.61 Å². The van der Waals surface area contributed by atoms with Gasteiger partial charge in [0.2, 0.25) is 0 Å². The molecule has 1 aliphatic rings. The topological polar surface area (TPSA) is 57.0 Å². The molecule has 1 fully saturated rings. The fourth-order valence-corrected chi connectivity index (χ4v) is 2.02. The molecule has 1 aliphatic carbocycles. The number of carbonyl (C=O) groups excluding carboxylic acids is 1. The number of hydrogen-bond acceptors (Lipinski definition) is 4. The molecule has 1 aromatic rings. The summed E-state index contributed by atoms with van der Waals surface area (Å²) in [7, 11) is 0. The molecule has 0 spiro atoms. The van der Waals surface area contributed by atoms with Gasteiger partial charge in [-0.3, -0.25) is 4.79 Å². The van der Waals surface area contributed by atoms with Crippen LogP contribution in [0.4, 0.5) is 0 Å². The van der Waals surface area contributed by atoms with Gasteiger partial charge in [0.05, 0.1) is 6.61 Å². The van der Waals surface area contributed by atoms with Crippen molar-refractivity contribution >= 4 is 5.97 Å². The van der Waals surface area contributed by atoms with Crippen LogP contribution in [-0.4, -0.2) is 27.3 Å². The lowest BCUT2D eigenvalue weighted by Gasteiger charge is -2.19. The van der Waals surface area contributed by atoms with Gasteiger partial charge in [-0.05, 0) is 25.7 Å². The Hall–Kier alpha value is -1.39. The summed E-state index contributed by atoms with van der Waals surface area (Å²) in [6.45, 7) is 6.24. The van der Waals surface area contributed by atoms with Crippen molar-refractivity contribution in [1.82, 2.24) is 14.8 Å². The summed E-state index contributed by atoms with van der Waals surface area (Å²) in [5, 5.41) is 8.05. The van der Waals surface area contributed by atoms with Gasteiger partial charge in [-0.1, -0.05) is 13.8 Å². The van der Waals surface area contributed by atoms with E-state index in [0.29, 0.717) is 12.6 Å². The van der Waals surface area contributed by atoms with E-state index in [1.165, 1.54) is 0 Å². The number of carbonyl (C=O) groups is 1. The first kappa shape index (κ1) is 12.1. The van der Waals surface area contributed by atoms with Crippen LogP contribution in [0, 0.1) is 5.92 Å². The molecule has 0 amide bonds. The van der Waals surface area contributed by atoms with Crippen LogP contribution >= 0.6 is 0 Å². The maximum atomic E-state index is 12.0. The number of ether oxygens (including phenoxy) is 1. The summed E-state index contributed by atoms with van der Waals surface area (Å²) < 4.78 is 7.15. The van der Waals surface area contributed by atoms with E-state index in [-0.39, 0.29) is 17.8 Å². The molecule has 1 heterocycles. The van der Waals surface area contributed by atoms with Gasteiger partial charge in [-0.2, -0.15) is 0 Å². The SMILES string of the molecule is CCOC(=O)C(c1nncn1C1CC1)C(C)C. The second-order valence-corrected chi connectivity index (χ2v) is 4.80. The van der Waals surface area contributed by atoms with Gasteiger partial charge in [0.1, 0.15) is 18.1 Å². The fraction of sp³-hybridized carbons (Fsp3) is 0.750. The Morgan fingerprint density at radius 3 is 2.82 bits per heavy atom. The normalized spacial score (nSPS) is 17.2. The molecule has 1 atom stereocenters. The zero-order valence-corrected chi connectivity index (χ0v) is 10.6. The highest BCUT2D eigenvalue weighted by atomic mass is 16.5. The third-order valence-electron chi connectivity index (χ3n) is 3.03. The predicted molar refractivity (Wildman–Crippen MR) is 62.5 cm³/mol. The minimum Gasteiger partial charge on any atom is -0.465 e. The number of rotatable bonds is 5. The highest BCUT2D eigenvalue weighted by Gasteiger charge is 2.34. The lowest BCUT2D eigenvalue weighted by atomic mass is 9.95. The average molecular weight is 237 g/mol. The molecule has 1 saturated carbocycles. The van der Waals surface area contributed by atoms with Crippen LogP contribution in [0.2, 0.25) is 0 Å². The smallest absolute Gasteiger partial charge is 0.316 e. The number of aromatic nitrogens is 3. The van der Waals surface area contributed by atoms with E-state index >= 15 is 0 Å². The third kappa shape index (κ3) is 2.48. The minimum atomic E-state index is -0.307. The van der Waals surface area contributed by atoms with Gasteiger partial charge >= 0.3 is 5.97 Å². The van der Waals surface area contributed by atoms with Gasteiger partial charge in [0.25, 0.3) is 0 Å². The maximum Gasteiger partial charge on any atom is 0.316 e. The van der Waals surface area contributed by atoms with Gasteiger partial charge < -0.3 is 9.30 Å². The molecule has 1 unspecified atom stereocenters. The van der Waals surface area contributed by atoms with Crippen LogP contribution in [0.5, 0.6) is 0 Å². The van der Waals surface area contributed by atoms with Crippen LogP contribution in [0.1, 0.15) is 51.4 Å². The molecule has 0 saturated heterocycles. The lowest BCUT2D eigenvalue weighted by molar-refractivity contribution is -0.146. The quantitative estimate of drug-likeness (QED) is 0.734. The van der Waals surface area contributed by atoms with Crippen molar-refractivity contribution < 1.29 is 9.53 Å². The van der Waals surface area contributed by atoms with Crippen molar-refractivity contribution in [3.05, 3.63) is 12.2 Å². The highest BCUT2D eigenvalue weighted by Crippen LogP contribution is 2.38. The fourth-order valence-electron chi connectivity index (χ4n) is 2.02. The molecule has 5 heteroatoms. The van der Waals surface area contributed by atoms with E-state index in [1.54, 1.807) is 6.33 Å². The van der Waals surface area contributed by atoms with Gasteiger partial charge in [0, 0.05) is 6.04 Å². The maximum absolute atomic E-state index is 12.0. The van der Waals surface area contributed by atoms with Crippen molar-refractivity contribution in [2.24, 2.45) is 5.92 Å². The van der Waals surface area contributed by atoms with Gasteiger partial charge in [-0.25, -0.2) is 0 Å². The van der Waals surface area contributed by atoms with Crippen molar-refractivity contribution in [1.29, 1.82) is 0 Å². The Morgan fingerprint density at radius 1 is 1.59 bits per heavy atom. The Morgan fingerprint density at radius 2 is 2.29 bits per heavy atom. The number of esters is 1. The summed E-state index contributed by atoms with van der Waals surface area (Å²) in [5.41, 5.74) is 0. The van der Waals surface area contributed by atoms with Crippen molar-refractivity contribution in [2.45, 2.75) is 45.6 Å². The largest absolute Gasteiger partial charge is 0.465 e. The van der Waals surface area contributed by atoms with E-state index in [0.717, 1.165) is 18.7 Å². The van der Waals surface area contributed by atoms with E-state index in [4.69, 9.17) is 4.74 Å². The average Bonchev–Trinajstić information content (AvgIpc) is 3.00. The zero-order valence-electron chi connectivity index (χ0n) is 10.6. The molecule has 0 bridgehead atoms. The van der Waals surface area contributed by atoms with Crippen molar-refractivity contribution in [3.8, 4) is 0 Å². The molecule has 17 heavy (non-hydrogen) atoms. The predicted octanol–water partition coefficient (Wildman–Crippen LogP) is 1.92. The second-order valence-electron chi connectivity index (χ2n) is 4.80. The Labute approximate surface area is 101 Å². The van der Waals surface area contributed by atoms with Crippen LogP contribution in [0.15, 0.2) is 6.33 Å². The van der Waals surface area contributed by atoms with Gasteiger partial charge in [0.15, 0.2) is 0 Å². The molecule has 0 aliphatic heterocycles. The van der Waals surface area contributed by atoms with Crippen LogP contribution in [0.25, 0.3) is 0 Å². The monoisotopic (exact) mass is 237 g/mol. The summed E-state index contributed by atoms with van der Waals surface area (Å²) in [6, 6.07) is 0.482.